The molecule has 0 aliphatic carbocycles. The highest BCUT2D eigenvalue weighted by Gasteiger charge is 1.99. The fourth-order valence-corrected chi connectivity index (χ4v) is 1.73. The predicted octanol–water partition coefficient (Wildman–Crippen LogP) is 1.98. The maximum atomic E-state index is 7.28. The first-order valence-corrected chi connectivity index (χ1v) is 5.56. The van der Waals surface area contributed by atoms with Gasteiger partial charge in [0.15, 0.2) is 0 Å². The van der Waals surface area contributed by atoms with Crippen LogP contribution in [0.3, 0.4) is 0 Å². The fraction of sp³-hybridized carbons (Fsp3) is 0.0909. The second kappa shape index (κ2) is 4.49. The van der Waals surface area contributed by atoms with E-state index in [1.54, 1.807) is 6.20 Å². The lowest BCUT2D eigenvalue weighted by Crippen LogP contribution is -2.10. The van der Waals surface area contributed by atoms with Crippen molar-refractivity contribution in [2.75, 3.05) is 0 Å². The molecule has 1 aromatic heterocycles. The lowest BCUT2D eigenvalue weighted by Gasteiger charge is -2.03. The Morgan fingerprint density at radius 2 is 2.06 bits per heavy atom. The van der Waals surface area contributed by atoms with Crippen LogP contribution in [0.15, 0.2) is 41.1 Å². The molecule has 0 unspecified atom stereocenters. The van der Waals surface area contributed by atoms with Crippen molar-refractivity contribution >= 4 is 21.8 Å². The summed E-state index contributed by atoms with van der Waals surface area (Å²) >= 11 is 3.35. The summed E-state index contributed by atoms with van der Waals surface area (Å²) in [4.78, 5) is 0. The summed E-state index contributed by atoms with van der Waals surface area (Å²) in [5.41, 5.74) is 7.25. The molecule has 0 bridgehead atoms. The van der Waals surface area contributed by atoms with Crippen LogP contribution >= 0.6 is 15.9 Å². The highest BCUT2D eigenvalue weighted by atomic mass is 79.9. The molecule has 5 heteroatoms. The number of halogens is 1. The first kappa shape index (κ1) is 10.9. The van der Waals surface area contributed by atoms with Crippen molar-refractivity contribution in [1.29, 1.82) is 5.41 Å². The van der Waals surface area contributed by atoms with E-state index < -0.39 is 0 Å². The molecule has 2 rings (SSSR count). The Bertz CT molecular complexity index is 501. The average molecular weight is 279 g/mol. The molecule has 0 saturated heterocycles. The van der Waals surface area contributed by atoms with Crippen LogP contribution in [0, 0.1) is 5.41 Å². The van der Waals surface area contributed by atoms with Gasteiger partial charge in [0, 0.05) is 11.8 Å². The molecule has 0 radical (unpaired) electrons. The van der Waals surface area contributed by atoms with E-state index in [0.717, 1.165) is 15.6 Å². The van der Waals surface area contributed by atoms with Gasteiger partial charge in [-0.3, -0.25) is 10.1 Å². The minimum absolute atomic E-state index is 0.0911. The topological polar surface area (TPSA) is 67.7 Å². The molecule has 0 amide bonds. The summed E-state index contributed by atoms with van der Waals surface area (Å²) in [6, 6.07) is 7.59. The van der Waals surface area contributed by atoms with Gasteiger partial charge in [0.2, 0.25) is 0 Å². The van der Waals surface area contributed by atoms with Crippen LogP contribution < -0.4 is 5.73 Å². The third-order valence-corrected chi connectivity index (χ3v) is 2.62. The van der Waals surface area contributed by atoms with Gasteiger partial charge in [0.25, 0.3) is 0 Å². The third kappa shape index (κ3) is 2.49. The summed E-state index contributed by atoms with van der Waals surface area (Å²) in [6.07, 6.45) is 3.67. The number of amidine groups is 1. The summed E-state index contributed by atoms with van der Waals surface area (Å²) < 4.78 is 2.81. The lowest BCUT2D eigenvalue weighted by atomic mass is 10.1. The second-order valence-electron chi connectivity index (χ2n) is 3.47. The quantitative estimate of drug-likeness (QED) is 0.666. The second-order valence-corrected chi connectivity index (χ2v) is 4.38. The Kier molecular flexibility index (Phi) is 3.05. The number of benzene rings is 1. The molecule has 0 atom stereocenters. The molecule has 82 valence electrons. The first-order chi connectivity index (χ1) is 7.65. The predicted molar refractivity (Wildman–Crippen MR) is 66.5 cm³/mol. The SMILES string of the molecule is N=C(N)c1ccc(Cn2cc(Br)cn2)cc1. The van der Waals surface area contributed by atoms with E-state index in [0.29, 0.717) is 6.54 Å². The van der Waals surface area contributed by atoms with E-state index in [1.807, 2.05) is 35.1 Å². The van der Waals surface area contributed by atoms with E-state index in [1.165, 1.54) is 0 Å². The van der Waals surface area contributed by atoms with Gasteiger partial charge in [-0.1, -0.05) is 24.3 Å². The van der Waals surface area contributed by atoms with Crippen molar-refractivity contribution in [2.24, 2.45) is 5.73 Å². The number of aromatic nitrogens is 2. The van der Waals surface area contributed by atoms with Gasteiger partial charge in [-0.2, -0.15) is 5.10 Å². The van der Waals surface area contributed by atoms with Crippen LogP contribution in [0.5, 0.6) is 0 Å². The van der Waals surface area contributed by atoms with Crippen LogP contribution in [0.1, 0.15) is 11.1 Å². The molecule has 0 aliphatic heterocycles. The van der Waals surface area contributed by atoms with E-state index in [4.69, 9.17) is 11.1 Å². The van der Waals surface area contributed by atoms with Crippen molar-refractivity contribution in [3.05, 3.63) is 52.3 Å². The molecule has 0 aliphatic rings. The zero-order chi connectivity index (χ0) is 11.5. The van der Waals surface area contributed by atoms with E-state index >= 15 is 0 Å². The Balaban J connectivity index is 2.14. The molecule has 0 fully saturated rings. The number of rotatable bonds is 3. The fourth-order valence-electron chi connectivity index (χ4n) is 1.40. The van der Waals surface area contributed by atoms with Crippen molar-refractivity contribution in [1.82, 2.24) is 9.78 Å². The molecule has 2 aromatic rings. The molecule has 0 spiro atoms. The Labute approximate surface area is 102 Å². The van der Waals surface area contributed by atoms with Crippen molar-refractivity contribution in [2.45, 2.75) is 6.54 Å². The molecule has 16 heavy (non-hydrogen) atoms. The number of hydrogen-bond acceptors (Lipinski definition) is 2. The molecule has 4 nitrogen and oxygen atoms in total. The largest absolute Gasteiger partial charge is 0.384 e. The van der Waals surface area contributed by atoms with Gasteiger partial charge in [-0.25, -0.2) is 0 Å². The first-order valence-electron chi connectivity index (χ1n) is 4.76. The van der Waals surface area contributed by atoms with E-state index in [-0.39, 0.29) is 5.84 Å². The zero-order valence-corrected chi connectivity index (χ0v) is 10.1. The third-order valence-electron chi connectivity index (χ3n) is 2.21. The molecule has 0 saturated carbocycles. The number of nitrogens with two attached hydrogens (primary N) is 1. The molecular weight excluding hydrogens is 268 g/mol. The Morgan fingerprint density at radius 3 is 2.56 bits per heavy atom. The van der Waals surface area contributed by atoms with Crippen molar-refractivity contribution in [3.8, 4) is 0 Å². The lowest BCUT2D eigenvalue weighted by molar-refractivity contribution is 0.686. The summed E-state index contributed by atoms with van der Waals surface area (Å²) in [5, 5.41) is 11.5. The van der Waals surface area contributed by atoms with Crippen molar-refractivity contribution in [3.63, 3.8) is 0 Å². The number of nitrogens with one attached hydrogen (secondary N) is 1. The Hall–Kier alpha value is -1.62. The van der Waals surface area contributed by atoms with Crippen molar-refractivity contribution < 1.29 is 0 Å². The number of hydrogen-bond donors (Lipinski definition) is 2. The van der Waals surface area contributed by atoms with Crippen LogP contribution in [0.4, 0.5) is 0 Å². The minimum atomic E-state index is 0.0911. The van der Waals surface area contributed by atoms with Crippen LogP contribution in [-0.4, -0.2) is 15.6 Å². The summed E-state index contributed by atoms with van der Waals surface area (Å²) in [5.74, 6) is 0.0911. The molecule has 3 N–H and O–H groups in total. The highest BCUT2D eigenvalue weighted by molar-refractivity contribution is 9.10. The van der Waals surface area contributed by atoms with Gasteiger partial charge < -0.3 is 5.73 Å². The normalized spacial score (nSPS) is 10.3. The summed E-state index contributed by atoms with van der Waals surface area (Å²) in [7, 11) is 0. The standard InChI is InChI=1S/C11H11BrN4/c12-10-5-15-16(7-10)6-8-1-3-9(4-2-8)11(13)14/h1-5,7H,6H2,(H3,13,14). The molecule has 1 aromatic carbocycles. The highest BCUT2D eigenvalue weighted by Crippen LogP contribution is 2.09. The van der Waals surface area contributed by atoms with Crippen LogP contribution in [0.25, 0.3) is 0 Å². The van der Waals surface area contributed by atoms with E-state index in [2.05, 4.69) is 21.0 Å². The number of nitrogen functional groups attached to an aromatic ring is 1. The maximum Gasteiger partial charge on any atom is 0.122 e. The maximum absolute atomic E-state index is 7.28. The Morgan fingerprint density at radius 1 is 1.38 bits per heavy atom. The van der Waals surface area contributed by atoms with E-state index in [9.17, 15) is 0 Å². The van der Waals surface area contributed by atoms with Gasteiger partial charge in [-0.05, 0) is 21.5 Å². The molecular formula is C11H11BrN4. The van der Waals surface area contributed by atoms with Crippen LogP contribution in [0.2, 0.25) is 0 Å². The zero-order valence-electron chi connectivity index (χ0n) is 8.52. The molecule has 1 heterocycles. The number of nitrogens with zero attached hydrogens (tertiary/aromatic N) is 2. The van der Waals surface area contributed by atoms with Gasteiger partial charge in [-0.15, -0.1) is 0 Å². The smallest absolute Gasteiger partial charge is 0.122 e. The monoisotopic (exact) mass is 278 g/mol. The van der Waals surface area contributed by atoms with Gasteiger partial charge in [0.05, 0.1) is 17.2 Å². The van der Waals surface area contributed by atoms with Gasteiger partial charge >= 0.3 is 0 Å². The van der Waals surface area contributed by atoms with Gasteiger partial charge in [0.1, 0.15) is 5.84 Å². The summed E-state index contributed by atoms with van der Waals surface area (Å²) in [6.45, 7) is 0.712. The average Bonchev–Trinajstić information content (AvgIpc) is 2.65. The van der Waals surface area contributed by atoms with Crippen LogP contribution in [-0.2, 0) is 6.54 Å². The minimum Gasteiger partial charge on any atom is -0.384 e.